The zero-order valence-corrected chi connectivity index (χ0v) is 17.6. The highest BCUT2D eigenvalue weighted by Gasteiger charge is 2.32. The summed E-state index contributed by atoms with van der Waals surface area (Å²) in [5.74, 6) is 0.186. The van der Waals surface area contributed by atoms with E-state index in [1.807, 2.05) is 57.2 Å². The molecule has 1 aliphatic rings. The maximum absolute atomic E-state index is 12.5. The van der Waals surface area contributed by atoms with Gasteiger partial charge in [0.05, 0.1) is 18.0 Å². The number of ether oxygens (including phenoxy) is 1. The molecule has 0 saturated carbocycles. The van der Waals surface area contributed by atoms with Gasteiger partial charge in [-0.15, -0.1) is 0 Å². The number of benzene rings is 2. The van der Waals surface area contributed by atoms with Crippen molar-refractivity contribution in [1.29, 1.82) is 0 Å². The first-order valence-corrected chi connectivity index (χ1v) is 10.5. The lowest BCUT2D eigenvalue weighted by molar-refractivity contribution is -0.122. The summed E-state index contributed by atoms with van der Waals surface area (Å²) < 4.78 is 5.66. The van der Waals surface area contributed by atoms with Gasteiger partial charge in [0.1, 0.15) is 11.0 Å². The molecule has 7 heteroatoms. The Kier molecular flexibility index (Phi) is 6.93. The van der Waals surface area contributed by atoms with Crippen molar-refractivity contribution in [2.75, 3.05) is 11.9 Å². The lowest BCUT2D eigenvalue weighted by Gasteiger charge is -2.12. The Morgan fingerprint density at radius 3 is 2.83 bits per heavy atom. The van der Waals surface area contributed by atoms with Gasteiger partial charge in [-0.3, -0.25) is 9.59 Å². The lowest BCUT2D eigenvalue weighted by Crippen LogP contribution is -2.28. The molecule has 29 heavy (non-hydrogen) atoms. The number of carbonyl (C=O) groups is 2. The zero-order valence-electron chi connectivity index (χ0n) is 16.8. The van der Waals surface area contributed by atoms with Gasteiger partial charge in [0.25, 0.3) is 0 Å². The predicted octanol–water partition coefficient (Wildman–Crippen LogP) is 4.34. The first kappa shape index (κ1) is 20.9. The van der Waals surface area contributed by atoms with Crippen molar-refractivity contribution in [2.24, 2.45) is 4.99 Å². The number of anilines is 1. The molecule has 6 nitrogen and oxygen atoms in total. The number of nitrogens with zero attached hydrogens (tertiary/aromatic N) is 1. The minimum Gasteiger partial charge on any atom is -0.491 e. The van der Waals surface area contributed by atoms with Crippen molar-refractivity contribution < 1.29 is 14.3 Å². The average Bonchev–Trinajstić information content (AvgIpc) is 3.02. The molecule has 1 heterocycles. The molecule has 2 N–H and O–H groups in total. The number of thioether (sulfide) groups is 1. The number of rotatable bonds is 7. The molecular weight excluding hydrogens is 386 g/mol. The quantitative estimate of drug-likeness (QED) is 0.710. The first-order valence-electron chi connectivity index (χ1n) is 9.61. The highest BCUT2D eigenvalue weighted by molar-refractivity contribution is 8.15. The van der Waals surface area contributed by atoms with E-state index in [-0.39, 0.29) is 18.2 Å². The Labute approximate surface area is 175 Å². The fourth-order valence-corrected chi connectivity index (χ4v) is 3.80. The van der Waals surface area contributed by atoms with Crippen LogP contribution in [0.15, 0.2) is 47.5 Å². The second-order valence-corrected chi connectivity index (χ2v) is 8.09. The van der Waals surface area contributed by atoms with Gasteiger partial charge >= 0.3 is 0 Å². The highest BCUT2D eigenvalue weighted by atomic mass is 32.2. The third-order valence-electron chi connectivity index (χ3n) is 4.36. The van der Waals surface area contributed by atoms with E-state index in [1.54, 1.807) is 6.07 Å². The van der Waals surface area contributed by atoms with Gasteiger partial charge in [-0.25, -0.2) is 4.99 Å². The number of aliphatic imine (C=N–C) groups is 1. The van der Waals surface area contributed by atoms with Crippen molar-refractivity contribution in [3.05, 3.63) is 53.6 Å². The summed E-state index contributed by atoms with van der Waals surface area (Å²) >= 11 is 1.28. The van der Waals surface area contributed by atoms with E-state index in [2.05, 4.69) is 15.6 Å². The van der Waals surface area contributed by atoms with Gasteiger partial charge in [-0.05, 0) is 49.6 Å². The molecule has 0 aliphatic carbocycles. The Balaban J connectivity index is 1.64. The van der Waals surface area contributed by atoms with E-state index in [0.717, 1.165) is 23.2 Å². The number of hydrogen-bond acceptors (Lipinski definition) is 5. The summed E-state index contributed by atoms with van der Waals surface area (Å²) in [5, 5.41) is 5.64. The smallest absolute Gasteiger partial charge is 0.240 e. The number of carbonyl (C=O) groups excluding carboxylic acids is 2. The number of aryl methyl sites for hydroxylation is 2. The fourth-order valence-electron chi connectivity index (χ4n) is 2.82. The van der Waals surface area contributed by atoms with Crippen LogP contribution in [0.3, 0.4) is 0 Å². The minimum atomic E-state index is -0.511. The van der Waals surface area contributed by atoms with E-state index in [9.17, 15) is 9.59 Å². The molecule has 0 bridgehead atoms. The van der Waals surface area contributed by atoms with Crippen LogP contribution in [-0.4, -0.2) is 28.8 Å². The second kappa shape index (κ2) is 9.60. The molecular formula is C22H25N3O3S. The third-order valence-corrected chi connectivity index (χ3v) is 5.44. The second-order valence-electron chi connectivity index (χ2n) is 6.90. The summed E-state index contributed by atoms with van der Waals surface area (Å²) in [5.41, 5.74) is 3.56. The third kappa shape index (κ3) is 5.60. The molecule has 2 aromatic carbocycles. The summed E-state index contributed by atoms with van der Waals surface area (Å²) in [6, 6.07) is 13.3. The predicted molar refractivity (Wildman–Crippen MR) is 118 cm³/mol. The monoisotopic (exact) mass is 411 g/mol. The number of para-hydroxylation sites is 2. The number of amides is 2. The van der Waals surface area contributed by atoms with E-state index in [4.69, 9.17) is 4.74 Å². The van der Waals surface area contributed by atoms with Crippen molar-refractivity contribution in [3.63, 3.8) is 0 Å². The molecule has 1 fully saturated rings. The topological polar surface area (TPSA) is 79.8 Å². The maximum Gasteiger partial charge on any atom is 0.240 e. The molecule has 2 aromatic rings. The minimum absolute atomic E-state index is 0.0600. The van der Waals surface area contributed by atoms with Crippen LogP contribution in [0.25, 0.3) is 0 Å². The molecule has 0 unspecified atom stereocenters. The van der Waals surface area contributed by atoms with Crippen molar-refractivity contribution >= 4 is 40.1 Å². The van der Waals surface area contributed by atoms with E-state index < -0.39 is 5.25 Å². The lowest BCUT2D eigenvalue weighted by atomic mass is 10.1. The first-order chi connectivity index (χ1) is 14.0. The largest absolute Gasteiger partial charge is 0.491 e. The zero-order chi connectivity index (χ0) is 20.8. The van der Waals surface area contributed by atoms with Crippen LogP contribution in [0.2, 0.25) is 0 Å². The van der Waals surface area contributed by atoms with Crippen LogP contribution >= 0.6 is 11.8 Å². The molecule has 1 saturated heterocycles. The van der Waals surface area contributed by atoms with E-state index >= 15 is 0 Å². The fraction of sp³-hybridized carbons (Fsp3) is 0.318. The van der Waals surface area contributed by atoms with Crippen LogP contribution in [-0.2, 0) is 9.59 Å². The Hall–Kier alpha value is -2.80. The molecule has 0 aromatic heterocycles. The molecule has 152 valence electrons. The Morgan fingerprint density at radius 1 is 1.24 bits per heavy atom. The molecule has 3 rings (SSSR count). The normalized spacial score (nSPS) is 17.3. The van der Waals surface area contributed by atoms with Gasteiger partial charge < -0.3 is 15.4 Å². The van der Waals surface area contributed by atoms with Crippen LogP contribution in [0.4, 0.5) is 11.4 Å². The molecule has 0 spiro atoms. The van der Waals surface area contributed by atoms with Gasteiger partial charge in [-0.1, -0.05) is 43.0 Å². The molecule has 1 atom stereocenters. The van der Waals surface area contributed by atoms with Crippen molar-refractivity contribution in [1.82, 2.24) is 5.32 Å². The SMILES string of the molecule is CCCOc1ccccc1NC(=O)C[C@@H]1SC(=Nc2cc(C)ccc2C)NC1=O. The molecule has 2 amide bonds. The molecule has 0 radical (unpaired) electrons. The number of hydrogen-bond donors (Lipinski definition) is 2. The van der Waals surface area contributed by atoms with Crippen LogP contribution in [0.5, 0.6) is 5.75 Å². The standard InChI is InChI=1S/C22H25N3O3S/c1-4-11-28-18-8-6-5-7-16(18)23-20(26)13-19-21(27)25-22(29-19)24-17-12-14(2)9-10-15(17)3/h5-10,12,19H,4,11,13H2,1-3H3,(H,23,26)(H,24,25,27)/t19-/m0/s1. The van der Waals surface area contributed by atoms with Crippen LogP contribution < -0.4 is 15.4 Å². The number of nitrogens with one attached hydrogen (secondary N) is 2. The van der Waals surface area contributed by atoms with Crippen molar-refractivity contribution in [3.8, 4) is 5.75 Å². The van der Waals surface area contributed by atoms with Gasteiger partial charge in [0.2, 0.25) is 11.8 Å². The van der Waals surface area contributed by atoms with Crippen LogP contribution in [0.1, 0.15) is 30.9 Å². The van der Waals surface area contributed by atoms with Gasteiger partial charge in [0, 0.05) is 6.42 Å². The van der Waals surface area contributed by atoms with Crippen LogP contribution in [0, 0.1) is 13.8 Å². The highest BCUT2D eigenvalue weighted by Crippen LogP contribution is 2.29. The summed E-state index contributed by atoms with van der Waals surface area (Å²) in [6.07, 6.45) is 0.939. The van der Waals surface area contributed by atoms with Gasteiger partial charge in [-0.2, -0.15) is 0 Å². The maximum atomic E-state index is 12.5. The van der Waals surface area contributed by atoms with E-state index in [0.29, 0.717) is 23.2 Å². The summed E-state index contributed by atoms with van der Waals surface area (Å²) in [6.45, 7) is 6.57. The summed E-state index contributed by atoms with van der Waals surface area (Å²) in [7, 11) is 0. The Bertz CT molecular complexity index is 943. The van der Waals surface area contributed by atoms with E-state index in [1.165, 1.54) is 11.8 Å². The summed E-state index contributed by atoms with van der Waals surface area (Å²) in [4.78, 5) is 29.4. The average molecular weight is 412 g/mol. The Morgan fingerprint density at radius 2 is 2.03 bits per heavy atom. The number of amidine groups is 1. The molecule has 1 aliphatic heterocycles. The van der Waals surface area contributed by atoms with Crippen molar-refractivity contribution in [2.45, 2.75) is 38.9 Å². The van der Waals surface area contributed by atoms with Gasteiger partial charge in [0.15, 0.2) is 5.17 Å².